The molecule has 0 spiro atoms. The van der Waals surface area contributed by atoms with E-state index in [-0.39, 0.29) is 12.2 Å². The van der Waals surface area contributed by atoms with Crippen LogP contribution in [-0.2, 0) is 27.4 Å². The van der Waals surface area contributed by atoms with Crippen LogP contribution in [-0.4, -0.2) is 30.5 Å². The highest BCUT2D eigenvalue weighted by Gasteiger charge is 2.48. The van der Waals surface area contributed by atoms with E-state index in [4.69, 9.17) is 18.6 Å². The first-order valence-electron chi connectivity index (χ1n) is 11.3. The van der Waals surface area contributed by atoms with Crippen LogP contribution in [0.2, 0.25) is 0 Å². The van der Waals surface area contributed by atoms with Gasteiger partial charge in [0.15, 0.2) is 0 Å². The predicted octanol–water partition coefficient (Wildman–Crippen LogP) is 5.30. The minimum atomic E-state index is -0.582. The molecule has 0 bridgehead atoms. The summed E-state index contributed by atoms with van der Waals surface area (Å²) in [5.41, 5.74) is 1.70. The molecule has 1 saturated heterocycles. The lowest BCUT2D eigenvalue weighted by Gasteiger charge is -2.47. The zero-order valence-electron chi connectivity index (χ0n) is 18.6. The average molecular weight is 437 g/mol. The van der Waals surface area contributed by atoms with Crippen LogP contribution in [0.4, 0.5) is 0 Å². The summed E-state index contributed by atoms with van der Waals surface area (Å²) in [6.07, 6.45) is 1.68. The van der Waals surface area contributed by atoms with Gasteiger partial charge in [0, 0.05) is 18.4 Å². The highest BCUT2D eigenvalue weighted by atomic mass is 16.5. The van der Waals surface area contributed by atoms with Gasteiger partial charge in [-0.15, -0.1) is 0 Å². The first kappa shape index (κ1) is 22.7. The highest BCUT2D eigenvalue weighted by molar-refractivity contribution is 5.14. The summed E-state index contributed by atoms with van der Waals surface area (Å²) in [5, 5.41) is 11.2. The Bertz CT molecular complexity index is 912. The van der Waals surface area contributed by atoms with E-state index < -0.39 is 11.5 Å². The molecular weight excluding hydrogens is 404 g/mol. The van der Waals surface area contributed by atoms with Crippen molar-refractivity contribution in [1.29, 1.82) is 0 Å². The highest BCUT2D eigenvalue weighted by Crippen LogP contribution is 2.44. The summed E-state index contributed by atoms with van der Waals surface area (Å²) in [4.78, 5) is 0. The standard InChI is InChI=1S/C27H32O5/c1-27(20-30-19-22-11-6-3-7-12-22)25(28)17-24(23-13-8-15-31-23)32-26(27)14-16-29-18-21-9-4-2-5-10-21/h2-13,15,24-26,28H,14,16-20H2,1H3/t24-,25+,26-,27+/m1/s1. The van der Waals surface area contributed by atoms with Crippen LogP contribution in [0.25, 0.3) is 0 Å². The molecule has 0 unspecified atom stereocenters. The van der Waals surface area contributed by atoms with Gasteiger partial charge >= 0.3 is 0 Å². The Balaban J connectivity index is 1.39. The fraction of sp³-hybridized carbons (Fsp3) is 0.407. The Kier molecular flexibility index (Phi) is 7.76. The maximum absolute atomic E-state index is 11.2. The van der Waals surface area contributed by atoms with Gasteiger partial charge in [-0.3, -0.25) is 0 Å². The van der Waals surface area contributed by atoms with Crippen LogP contribution < -0.4 is 0 Å². The second-order valence-corrected chi connectivity index (χ2v) is 8.69. The molecule has 2 aromatic carbocycles. The summed E-state index contributed by atoms with van der Waals surface area (Å²) in [7, 11) is 0. The second-order valence-electron chi connectivity index (χ2n) is 8.69. The van der Waals surface area contributed by atoms with E-state index in [0.717, 1.165) is 16.9 Å². The fourth-order valence-electron chi connectivity index (χ4n) is 4.26. The van der Waals surface area contributed by atoms with Crippen LogP contribution >= 0.6 is 0 Å². The third-order valence-corrected chi connectivity index (χ3v) is 6.28. The van der Waals surface area contributed by atoms with Crippen LogP contribution in [0.3, 0.4) is 0 Å². The first-order valence-corrected chi connectivity index (χ1v) is 11.3. The number of hydrogen-bond donors (Lipinski definition) is 1. The summed E-state index contributed by atoms with van der Waals surface area (Å²) in [6.45, 7) is 4.03. The molecule has 4 atom stereocenters. The van der Waals surface area contributed by atoms with E-state index in [2.05, 4.69) is 12.1 Å². The Morgan fingerprint density at radius 1 is 0.906 bits per heavy atom. The number of hydrogen-bond acceptors (Lipinski definition) is 5. The van der Waals surface area contributed by atoms with Gasteiger partial charge < -0.3 is 23.7 Å². The van der Waals surface area contributed by atoms with Gasteiger partial charge in [0.25, 0.3) is 0 Å². The minimum Gasteiger partial charge on any atom is -0.467 e. The molecule has 4 rings (SSSR count). The maximum Gasteiger partial charge on any atom is 0.132 e. The Labute approximate surface area is 189 Å². The number of rotatable bonds is 10. The first-order chi connectivity index (χ1) is 15.6. The normalized spacial score (nSPS) is 25.6. The molecule has 0 amide bonds. The maximum atomic E-state index is 11.2. The number of aliphatic hydroxyl groups is 1. The second kappa shape index (κ2) is 10.9. The molecule has 3 aromatic rings. The third-order valence-electron chi connectivity index (χ3n) is 6.28. The van der Waals surface area contributed by atoms with Gasteiger partial charge in [-0.25, -0.2) is 0 Å². The lowest BCUT2D eigenvalue weighted by Crippen LogP contribution is -2.52. The van der Waals surface area contributed by atoms with Crippen molar-refractivity contribution >= 4 is 0 Å². The molecule has 0 aliphatic carbocycles. The van der Waals surface area contributed by atoms with Crippen LogP contribution in [0.1, 0.15) is 42.8 Å². The van der Waals surface area contributed by atoms with Gasteiger partial charge in [0.2, 0.25) is 0 Å². The molecule has 1 fully saturated rings. The van der Waals surface area contributed by atoms with Crippen molar-refractivity contribution < 1.29 is 23.7 Å². The van der Waals surface area contributed by atoms with Crippen molar-refractivity contribution in [1.82, 2.24) is 0 Å². The van der Waals surface area contributed by atoms with E-state index in [0.29, 0.717) is 39.3 Å². The summed E-state index contributed by atoms with van der Waals surface area (Å²) < 4.78 is 24.0. The Morgan fingerprint density at radius 3 is 2.19 bits per heavy atom. The summed E-state index contributed by atoms with van der Waals surface area (Å²) in [6, 6.07) is 23.9. The van der Waals surface area contributed by atoms with Gasteiger partial charge in [0.05, 0.1) is 38.3 Å². The average Bonchev–Trinajstić information content (AvgIpc) is 3.36. The van der Waals surface area contributed by atoms with E-state index in [1.165, 1.54) is 0 Å². The van der Waals surface area contributed by atoms with Crippen molar-refractivity contribution in [3.63, 3.8) is 0 Å². The van der Waals surface area contributed by atoms with Gasteiger partial charge in [-0.1, -0.05) is 67.6 Å². The van der Waals surface area contributed by atoms with Crippen molar-refractivity contribution in [3.8, 4) is 0 Å². The zero-order valence-corrected chi connectivity index (χ0v) is 18.6. The van der Waals surface area contributed by atoms with Gasteiger partial charge in [-0.2, -0.15) is 0 Å². The number of furan rings is 1. The van der Waals surface area contributed by atoms with E-state index in [9.17, 15) is 5.11 Å². The van der Waals surface area contributed by atoms with Crippen molar-refractivity contribution in [2.45, 2.75) is 51.3 Å². The molecule has 170 valence electrons. The Morgan fingerprint density at radius 2 is 1.56 bits per heavy atom. The monoisotopic (exact) mass is 436 g/mol. The number of benzene rings is 2. The molecule has 5 heteroatoms. The number of ether oxygens (including phenoxy) is 3. The molecule has 1 N–H and O–H groups in total. The number of aliphatic hydroxyl groups excluding tert-OH is 1. The molecule has 32 heavy (non-hydrogen) atoms. The Hall–Kier alpha value is -2.44. The fourth-order valence-corrected chi connectivity index (χ4v) is 4.26. The van der Waals surface area contributed by atoms with Crippen molar-refractivity contribution in [2.24, 2.45) is 5.41 Å². The van der Waals surface area contributed by atoms with Crippen molar-refractivity contribution in [2.75, 3.05) is 13.2 Å². The lowest BCUT2D eigenvalue weighted by atomic mass is 9.73. The van der Waals surface area contributed by atoms with Crippen LogP contribution in [0, 0.1) is 5.41 Å². The molecule has 0 saturated carbocycles. The minimum absolute atomic E-state index is 0.229. The zero-order chi connectivity index (χ0) is 22.2. The largest absolute Gasteiger partial charge is 0.467 e. The molecule has 1 aliphatic rings. The summed E-state index contributed by atoms with van der Waals surface area (Å²) in [5.74, 6) is 0.742. The van der Waals surface area contributed by atoms with Crippen LogP contribution in [0.15, 0.2) is 83.5 Å². The molecular formula is C27H32O5. The van der Waals surface area contributed by atoms with Gasteiger partial charge in [0.1, 0.15) is 11.9 Å². The topological polar surface area (TPSA) is 61.1 Å². The smallest absolute Gasteiger partial charge is 0.132 e. The lowest BCUT2D eigenvalue weighted by molar-refractivity contribution is -0.211. The predicted molar refractivity (Wildman–Crippen MR) is 122 cm³/mol. The molecule has 1 aliphatic heterocycles. The third kappa shape index (κ3) is 5.67. The molecule has 5 nitrogen and oxygen atoms in total. The SMILES string of the molecule is C[C@]1(COCc2ccccc2)[C@@H](O)C[C@H](c2ccco2)O[C@@H]1CCOCc1ccccc1. The van der Waals surface area contributed by atoms with Crippen LogP contribution in [0.5, 0.6) is 0 Å². The van der Waals surface area contributed by atoms with E-state index >= 15 is 0 Å². The van der Waals surface area contributed by atoms with E-state index in [1.807, 2.05) is 67.6 Å². The van der Waals surface area contributed by atoms with Gasteiger partial charge in [-0.05, 0) is 29.7 Å². The molecule has 2 heterocycles. The quantitative estimate of drug-likeness (QED) is 0.437. The summed E-state index contributed by atoms with van der Waals surface area (Å²) >= 11 is 0. The van der Waals surface area contributed by atoms with E-state index in [1.54, 1.807) is 6.26 Å². The molecule has 1 aromatic heterocycles. The molecule has 0 radical (unpaired) electrons. The van der Waals surface area contributed by atoms with Crippen molar-refractivity contribution in [3.05, 3.63) is 95.9 Å².